The summed E-state index contributed by atoms with van der Waals surface area (Å²) in [6.07, 6.45) is 1.71. The Balaban J connectivity index is 2.93. The largest absolute Gasteiger partial charge is 0.494 e. The van der Waals surface area contributed by atoms with Crippen LogP contribution in [0.4, 0.5) is 0 Å². The lowest BCUT2D eigenvalue weighted by molar-refractivity contribution is 0.419. The Bertz CT molecular complexity index is 530. The van der Waals surface area contributed by atoms with Crippen molar-refractivity contribution in [2.75, 3.05) is 7.11 Å². The summed E-state index contributed by atoms with van der Waals surface area (Å²) >= 11 is 13.0. The maximum atomic E-state index is 6.12. The number of benzene rings is 1. The SMILES string of the molecule is COc1ccc(Cl)c2c(Br)c(Br)cnc12. The average Bonchev–Trinajstić information content (AvgIpc) is 2.24. The Kier molecular flexibility index (Phi) is 3.19. The molecule has 0 fully saturated rings. The number of methoxy groups -OCH3 is 1. The van der Waals surface area contributed by atoms with Crippen LogP contribution in [0.5, 0.6) is 5.75 Å². The van der Waals surface area contributed by atoms with E-state index in [2.05, 4.69) is 36.8 Å². The molecule has 0 aliphatic heterocycles. The third-order valence-electron chi connectivity index (χ3n) is 2.05. The molecule has 0 aliphatic carbocycles. The molecule has 0 saturated carbocycles. The molecule has 78 valence electrons. The van der Waals surface area contributed by atoms with Gasteiger partial charge in [0.05, 0.1) is 16.6 Å². The van der Waals surface area contributed by atoms with Crippen LogP contribution >= 0.6 is 43.5 Å². The fourth-order valence-electron chi connectivity index (χ4n) is 1.35. The molecule has 15 heavy (non-hydrogen) atoms. The van der Waals surface area contributed by atoms with Crippen LogP contribution in [0.3, 0.4) is 0 Å². The van der Waals surface area contributed by atoms with Crippen molar-refractivity contribution >= 4 is 54.4 Å². The summed E-state index contributed by atoms with van der Waals surface area (Å²) in [5.74, 6) is 0.711. The van der Waals surface area contributed by atoms with E-state index >= 15 is 0 Å². The summed E-state index contributed by atoms with van der Waals surface area (Å²) in [6, 6.07) is 3.60. The number of aromatic nitrogens is 1. The number of nitrogens with zero attached hydrogens (tertiary/aromatic N) is 1. The summed E-state index contributed by atoms with van der Waals surface area (Å²) in [4.78, 5) is 4.29. The van der Waals surface area contributed by atoms with Gasteiger partial charge in [-0.15, -0.1) is 0 Å². The average molecular weight is 351 g/mol. The van der Waals surface area contributed by atoms with E-state index in [0.717, 1.165) is 19.8 Å². The highest BCUT2D eigenvalue weighted by atomic mass is 79.9. The summed E-state index contributed by atoms with van der Waals surface area (Å²) in [5, 5.41) is 1.50. The van der Waals surface area contributed by atoms with E-state index in [9.17, 15) is 0 Å². The van der Waals surface area contributed by atoms with Crippen molar-refractivity contribution in [1.82, 2.24) is 4.98 Å². The van der Waals surface area contributed by atoms with Crippen LogP contribution < -0.4 is 4.74 Å². The number of hydrogen-bond acceptors (Lipinski definition) is 2. The second-order valence-electron chi connectivity index (χ2n) is 2.89. The first-order chi connectivity index (χ1) is 7.15. The summed E-state index contributed by atoms with van der Waals surface area (Å²) in [5.41, 5.74) is 0.750. The van der Waals surface area contributed by atoms with Gasteiger partial charge in [0.15, 0.2) is 0 Å². The van der Waals surface area contributed by atoms with Gasteiger partial charge in [0.1, 0.15) is 11.3 Å². The molecule has 1 aromatic heterocycles. The zero-order valence-electron chi connectivity index (χ0n) is 7.72. The van der Waals surface area contributed by atoms with E-state index in [4.69, 9.17) is 16.3 Å². The van der Waals surface area contributed by atoms with E-state index in [0.29, 0.717) is 10.8 Å². The number of ether oxygens (including phenoxy) is 1. The fourth-order valence-corrected chi connectivity index (χ4v) is 2.51. The lowest BCUT2D eigenvalue weighted by Crippen LogP contribution is -1.89. The number of halogens is 3. The molecule has 2 nitrogen and oxygen atoms in total. The molecule has 5 heteroatoms. The van der Waals surface area contributed by atoms with Crippen LogP contribution in [-0.4, -0.2) is 12.1 Å². The van der Waals surface area contributed by atoms with Crippen molar-refractivity contribution < 1.29 is 4.74 Å². The molecule has 2 aromatic rings. The zero-order valence-corrected chi connectivity index (χ0v) is 11.6. The zero-order chi connectivity index (χ0) is 11.0. The molecule has 0 radical (unpaired) electrons. The van der Waals surface area contributed by atoms with Crippen LogP contribution in [0.1, 0.15) is 0 Å². The Hall–Kier alpha value is -0.320. The van der Waals surface area contributed by atoms with Crippen molar-refractivity contribution in [2.45, 2.75) is 0 Å². The van der Waals surface area contributed by atoms with Gasteiger partial charge in [0.2, 0.25) is 0 Å². The first kappa shape index (κ1) is 11.2. The molecule has 0 aliphatic rings. The summed E-state index contributed by atoms with van der Waals surface area (Å²) in [7, 11) is 1.61. The minimum atomic E-state index is 0.645. The highest BCUT2D eigenvalue weighted by molar-refractivity contribution is 9.13. The maximum Gasteiger partial charge on any atom is 0.145 e. The third-order valence-corrected chi connectivity index (χ3v) is 4.32. The maximum absolute atomic E-state index is 6.12. The van der Waals surface area contributed by atoms with Crippen LogP contribution in [0.2, 0.25) is 5.02 Å². The van der Waals surface area contributed by atoms with Crippen LogP contribution in [0.25, 0.3) is 10.9 Å². The number of pyridine rings is 1. The molecule has 0 amide bonds. The highest BCUT2D eigenvalue weighted by Gasteiger charge is 2.11. The fraction of sp³-hybridized carbons (Fsp3) is 0.100. The topological polar surface area (TPSA) is 22.1 Å². The molecular formula is C10H6Br2ClNO. The van der Waals surface area contributed by atoms with Crippen molar-refractivity contribution in [3.8, 4) is 5.75 Å². The third kappa shape index (κ3) is 1.86. The van der Waals surface area contributed by atoms with Crippen molar-refractivity contribution in [3.63, 3.8) is 0 Å². The van der Waals surface area contributed by atoms with Gasteiger partial charge in [-0.3, -0.25) is 4.98 Å². The standard InChI is InChI=1S/C10H6Br2ClNO/c1-15-7-3-2-6(13)8-9(12)5(11)4-14-10(7)8/h2-4H,1H3. The lowest BCUT2D eigenvalue weighted by atomic mass is 10.2. The van der Waals surface area contributed by atoms with E-state index in [1.807, 2.05) is 0 Å². The van der Waals surface area contributed by atoms with Gasteiger partial charge < -0.3 is 4.74 Å². The van der Waals surface area contributed by atoms with Gasteiger partial charge in [0.25, 0.3) is 0 Å². The molecule has 0 unspecified atom stereocenters. The Morgan fingerprint density at radius 2 is 2.07 bits per heavy atom. The lowest BCUT2D eigenvalue weighted by Gasteiger charge is -2.08. The molecule has 2 rings (SSSR count). The number of rotatable bonds is 1. The van der Waals surface area contributed by atoms with Crippen LogP contribution in [0, 0.1) is 0 Å². The molecule has 0 saturated heterocycles. The van der Waals surface area contributed by atoms with Crippen molar-refractivity contribution in [3.05, 3.63) is 32.3 Å². The van der Waals surface area contributed by atoms with Crippen molar-refractivity contribution in [1.29, 1.82) is 0 Å². The minimum Gasteiger partial charge on any atom is -0.494 e. The Morgan fingerprint density at radius 3 is 2.73 bits per heavy atom. The summed E-state index contributed by atoms with van der Waals surface area (Å²) in [6.45, 7) is 0. The second kappa shape index (κ2) is 4.28. The Morgan fingerprint density at radius 1 is 1.33 bits per heavy atom. The molecule has 1 heterocycles. The van der Waals surface area contributed by atoms with Gasteiger partial charge in [-0.05, 0) is 44.0 Å². The van der Waals surface area contributed by atoms with Crippen molar-refractivity contribution in [2.24, 2.45) is 0 Å². The van der Waals surface area contributed by atoms with Gasteiger partial charge in [0, 0.05) is 16.1 Å². The normalized spacial score (nSPS) is 10.7. The highest BCUT2D eigenvalue weighted by Crippen LogP contribution is 2.38. The molecule has 0 spiro atoms. The summed E-state index contributed by atoms with van der Waals surface area (Å²) < 4.78 is 6.97. The molecule has 0 N–H and O–H groups in total. The predicted octanol–water partition coefficient (Wildman–Crippen LogP) is 4.42. The minimum absolute atomic E-state index is 0.645. The van der Waals surface area contributed by atoms with E-state index in [1.165, 1.54) is 0 Å². The smallest absolute Gasteiger partial charge is 0.145 e. The van der Waals surface area contributed by atoms with E-state index in [-0.39, 0.29) is 0 Å². The van der Waals surface area contributed by atoms with Gasteiger partial charge in [-0.2, -0.15) is 0 Å². The molecule has 0 atom stereocenters. The predicted molar refractivity (Wildman–Crippen MR) is 68.7 cm³/mol. The van der Waals surface area contributed by atoms with E-state index < -0.39 is 0 Å². The first-order valence-electron chi connectivity index (χ1n) is 4.11. The molecular weight excluding hydrogens is 345 g/mol. The molecule has 0 bridgehead atoms. The monoisotopic (exact) mass is 349 g/mol. The van der Waals surface area contributed by atoms with Gasteiger partial charge >= 0.3 is 0 Å². The Labute approximate surface area is 109 Å². The van der Waals surface area contributed by atoms with Gasteiger partial charge in [-0.25, -0.2) is 0 Å². The molecule has 1 aromatic carbocycles. The van der Waals surface area contributed by atoms with Gasteiger partial charge in [-0.1, -0.05) is 11.6 Å². The van der Waals surface area contributed by atoms with Crippen LogP contribution in [0.15, 0.2) is 27.3 Å². The quantitative estimate of drug-likeness (QED) is 0.759. The number of hydrogen-bond donors (Lipinski definition) is 0. The second-order valence-corrected chi connectivity index (χ2v) is 4.95. The number of fused-ring (bicyclic) bond motifs is 1. The van der Waals surface area contributed by atoms with Crippen LogP contribution in [-0.2, 0) is 0 Å². The van der Waals surface area contributed by atoms with E-state index in [1.54, 1.807) is 25.4 Å². The first-order valence-corrected chi connectivity index (χ1v) is 6.07.